The van der Waals surface area contributed by atoms with Crippen molar-refractivity contribution in [3.05, 3.63) is 40.3 Å². The minimum Gasteiger partial charge on any atom is -0.310 e. The number of H-pyrrole nitrogens is 1. The summed E-state index contributed by atoms with van der Waals surface area (Å²) in [6, 6.07) is 0. The number of aromatic nitrogens is 4. The van der Waals surface area contributed by atoms with Crippen LogP contribution in [-0.2, 0) is 0 Å². The van der Waals surface area contributed by atoms with E-state index in [9.17, 15) is 4.79 Å². The Morgan fingerprint density at radius 2 is 2.11 bits per heavy atom. The molecule has 5 nitrogen and oxygen atoms in total. The van der Waals surface area contributed by atoms with Gasteiger partial charge in [-0.1, -0.05) is 0 Å². The molecule has 90 valence electrons. The number of fused-ring (bicyclic) bond motifs is 1. The number of hydrogen-bond acceptors (Lipinski definition) is 5. The molecule has 0 aromatic carbocycles. The summed E-state index contributed by atoms with van der Waals surface area (Å²) in [5.41, 5.74) is 1.58. The molecule has 0 spiro atoms. The van der Waals surface area contributed by atoms with Crippen LogP contribution in [-0.4, -0.2) is 19.9 Å². The number of nitrogens with zero attached hydrogens (tertiary/aromatic N) is 3. The summed E-state index contributed by atoms with van der Waals surface area (Å²) in [5.74, 6) is 0.624. The molecule has 0 atom stereocenters. The van der Waals surface area contributed by atoms with Gasteiger partial charge in [0.15, 0.2) is 0 Å². The van der Waals surface area contributed by atoms with Gasteiger partial charge in [0, 0.05) is 12.4 Å². The highest BCUT2D eigenvalue weighted by Crippen LogP contribution is 2.33. The molecular formula is C12H10N4OS. The second-order valence-corrected chi connectivity index (χ2v) is 4.98. The van der Waals surface area contributed by atoms with Gasteiger partial charge in [-0.3, -0.25) is 14.8 Å². The van der Waals surface area contributed by atoms with Crippen LogP contribution >= 0.6 is 11.3 Å². The molecule has 3 aromatic rings. The zero-order chi connectivity index (χ0) is 12.7. The highest BCUT2D eigenvalue weighted by molar-refractivity contribution is 7.22. The molecule has 0 fully saturated rings. The van der Waals surface area contributed by atoms with Gasteiger partial charge >= 0.3 is 0 Å². The van der Waals surface area contributed by atoms with Gasteiger partial charge in [0.05, 0.1) is 22.2 Å². The Balaban J connectivity index is 2.37. The lowest BCUT2D eigenvalue weighted by Gasteiger charge is -1.96. The number of rotatable bonds is 1. The van der Waals surface area contributed by atoms with Gasteiger partial charge in [-0.15, -0.1) is 11.3 Å². The Bertz CT molecular complexity index is 776. The highest BCUT2D eigenvalue weighted by Gasteiger charge is 2.15. The Morgan fingerprint density at radius 1 is 1.28 bits per heavy atom. The second kappa shape index (κ2) is 3.99. The lowest BCUT2D eigenvalue weighted by molar-refractivity contribution is 1.06. The van der Waals surface area contributed by atoms with E-state index in [2.05, 4.69) is 19.9 Å². The first-order valence-electron chi connectivity index (χ1n) is 5.43. The minimum atomic E-state index is -0.0959. The molecule has 0 aliphatic heterocycles. The largest absolute Gasteiger partial charge is 0.310 e. The first kappa shape index (κ1) is 11.0. The molecule has 0 saturated heterocycles. The fraction of sp³-hybridized carbons (Fsp3) is 0.167. The Morgan fingerprint density at radius 3 is 2.83 bits per heavy atom. The van der Waals surface area contributed by atoms with Crippen molar-refractivity contribution in [1.29, 1.82) is 0 Å². The van der Waals surface area contributed by atoms with Crippen molar-refractivity contribution in [3.8, 4) is 10.6 Å². The van der Waals surface area contributed by atoms with Gasteiger partial charge in [-0.25, -0.2) is 4.98 Å². The highest BCUT2D eigenvalue weighted by atomic mass is 32.1. The third kappa shape index (κ3) is 1.62. The molecule has 0 aliphatic carbocycles. The van der Waals surface area contributed by atoms with Crippen LogP contribution < -0.4 is 5.56 Å². The Hall–Kier alpha value is -2.08. The van der Waals surface area contributed by atoms with Crippen LogP contribution in [0, 0.1) is 13.8 Å². The predicted octanol–water partition coefficient (Wildman–Crippen LogP) is 2.06. The lowest BCUT2D eigenvalue weighted by Crippen LogP contribution is -2.08. The smallest absolute Gasteiger partial charge is 0.259 e. The fourth-order valence-electron chi connectivity index (χ4n) is 1.91. The molecule has 0 bridgehead atoms. The van der Waals surface area contributed by atoms with Gasteiger partial charge in [0.25, 0.3) is 5.56 Å². The van der Waals surface area contributed by atoms with Crippen molar-refractivity contribution in [2.45, 2.75) is 13.8 Å². The van der Waals surface area contributed by atoms with Gasteiger partial charge in [-0.2, -0.15) is 0 Å². The van der Waals surface area contributed by atoms with Gasteiger partial charge in [0.1, 0.15) is 10.7 Å². The number of aryl methyl sites for hydroxylation is 2. The van der Waals surface area contributed by atoms with Gasteiger partial charge < -0.3 is 4.98 Å². The standard InChI is InChI=1S/C12H10N4OS/c1-6-9-11(17)15-7(2)16-12(9)18-10(6)8-5-13-3-4-14-8/h3-5H,1-2H3,(H,15,16,17). The Labute approximate surface area is 107 Å². The molecule has 0 saturated carbocycles. The van der Waals surface area contributed by atoms with E-state index < -0.39 is 0 Å². The van der Waals surface area contributed by atoms with Gasteiger partial charge in [0.2, 0.25) is 0 Å². The van der Waals surface area contributed by atoms with E-state index in [0.29, 0.717) is 11.2 Å². The first-order chi connectivity index (χ1) is 8.66. The molecule has 0 radical (unpaired) electrons. The SMILES string of the molecule is Cc1nc2sc(-c3cnccn3)c(C)c2c(=O)[nH]1. The molecule has 6 heteroatoms. The van der Waals surface area contributed by atoms with Crippen molar-refractivity contribution >= 4 is 21.6 Å². The summed E-state index contributed by atoms with van der Waals surface area (Å²) in [4.78, 5) is 29.0. The second-order valence-electron chi connectivity index (χ2n) is 3.98. The van der Waals surface area contributed by atoms with Crippen molar-refractivity contribution in [3.63, 3.8) is 0 Å². The summed E-state index contributed by atoms with van der Waals surface area (Å²) >= 11 is 1.47. The summed E-state index contributed by atoms with van der Waals surface area (Å²) in [6.07, 6.45) is 4.96. The number of nitrogens with one attached hydrogen (secondary N) is 1. The van der Waals surface area contributed by atoms with Crippen LogP contribution in [0.4, 0.5) is 0 Å². The fourth-order valence-corrected chi connectivity index (χ4v) is 3.10. The van der Waals surface area contributed by atoms with E-state index in [4.69, 9.17) is 0 Å². The molecule has 0 aliphatic rings. The third-order valence-electron chi connectivity index (χ3n) is 2.71. The van der Waals surface area contributed by atoms with Crippen molar-refractivity contribution in [2.75, 3.05) is 0 Å². The van der Waals surface area contributed by atoms with Crippen molar-refractivity contribution in [2.24, 2.45) is 0 Å². The summed E-state index contributed by atoms with van der Waals surface area (Å²) in [7, 11) is 0. The molecule has 3 heterocycles. The normalized spacial score (nSPS) is 11.0. The maximum absolute atomic E-state index is 11.9. The number of thiophene rings is 1. The molecule has 3 aromatic heterocycles. The third-order valence-corrected chi connectivity index (χ3v) is 3.92. The topological polar surface area (TPSA) is 71.5 Å². The molecule has 0 amide bonds. The quantitative estimate of drug-likeness (QED) is 0.725. The minimum absolute atomic E-state index is 0.0959. The van der Waals surface area contributed by atoms with E-state index in [-0.39, 0.29) is 5.56 Å². The van der Waals surface area contributed by atoms with Crippen LogP contribution in [0.2, 0.25) is 0 Å². The molecule has 1 N–H and O–H groups in total. The van der Waals surface area contributed by atoms with E-state index >= 15 is 0 Å². The van der Waals surface area contributed by atoms with Crippen LogP contribution in [0.25, 0.3) is 20.8 Å². The van der Waals surface area contributed by atoms with E-state index in [1.54, 1.807) is 25.5 Å². The van der Waals surface area contributed by atoms with Crippen molar-refractivity contribution in [1.82, 2.24) is 19.9 Å². The van der Waals surface area contributed by atoms with Crippen LogP contribution in [0.1, 0.15) is 11.4 Å². The zero-order valence-corrected chi connectivity index (χ0v) is 10.7. The van der Waals surface area contributed by atoms with E-state index in [1.807, 2.05) is 6.92 Å². The maximum Gasteiger partial charge on any atom is 0.259 e. The van der Waals surface area contributed by atoms with E-state index in [0.717, 1.165) is 21.0 Å². The van der Waals surface area contributed by atoms with Crippen LogP contribution in [0.5, 0.6) is 0 Å². The monoisotopic (exact) mass is 258 g/mol. The molecule has 0 unspecified atom stereocenters. The summed E-state index contributed by atoms with van der Waals surface area (Å²) in [5, 5.41) is 0.645. The van der Waals surface area contributed by atoms with Crippen molar-refractivity contribution < 1.29 is 0 Å². The summed E-state index contributed by atoms with van der Waals surface area (Å²) in [6.45, 7) is 3.69. The summed E-state index contributed by atoms with van der Waals surface area (Å²) < 4.78 is 0. The first-order valence-corrected chi connectivity index (χ1v) is 6.25. The molecule has 18 heavy (non-hydrogen) atoms. The predicted molar refractivity (Wildman–Crippen MR) is 70.7 cm³/mol. The Kier molecular flexibility index (Phi) is 2.45. The van der Waals surface area contributed by atoms with Gasteiger partial charge in [-0.05, 0) is 19.4 Å². The maximum atomic E-state index is 11.9. The molecular weight excluding hydrogens is 248 g/mol. The lowest BCUT2D eigenvalue weighted by atomic mass is 10.2. The average molecular weight is 258 g/mol. The number of hydrogen-bond donors (Lipinski definition) is 1. The van der Waals surface area contributed by atoms with E-state index in [1.165, 1.54) is 11.3 Å². The van der Waals surface area contributed by atoms with Crippen LogP contribution in [0.3, 0.4) is 0 Å². The van der Waals surface area contributed by atoms with Crippen LogP contribution in [0.15, 0.2) is 23.4 Å². The molecule has 3 rings (SSSR count). The average Bonchev–Trinajstić information content (AvgIpc) is 2.67. The zero-order valence-electron chi connectivity index (χ0n) is 9.89. The number of aromatic amines is 1.